The van der Waals surface area contributed by atoms with Gasteiger partial charge in [-0.3, -0.25) is 0 Å². The molecule has 0 bridgehead atoms. The topological polar surface area (TPSA) is 60.9 Å². The molecule has 2 atom stereocenters. The van der Waals surface area contributed by atoms with Crippen molar-refractivity contribution >= 4 is 10.2 Å². The second-order valence-electron chi connectivity index (χ2n) is 3.65. The van der Waals surface area contributed by atoms with Crippen molar-refractivity contribution < 1.29 is 13.5 Å². The standard InChI is InChI=1S/C7H16N2O3S/c1-6-4-9(5-7(6)10)13(11,12)8(2)3/h6-7,10H,4-5H2,1-3H3. The van der Waals surface area contributed by atoms with Crippen LogP contribution in [-0.2, 0) is 10.2 Å². The molecule has 1 rings (SSSR count). The molecular weight excluding hydrogens is 192 g/mol. The molecule has 1 aliphatic heterocycles. The van der Waals surface area contributed by atoms with E-state index in [4.69, 9.17) is 0 Å². The van der Waals surface area contributed by atoms with Crippen LogP contribution in [0.2, 0.25) is 0 Å². The molecule has 0 aromatic heterocycles. The zero-order chi connectivity index (χ0) is 10.2. The third-order valence-corrected chi connectivity index (χ3v) is 4.20. The van der Waals surface area contributed by atoms with E-state index in [-0.39, 0.29) is 12.5 Å². The lowest BCUT2D eigenvalue weighted by Crippen LogP contribution is -2.39. The van der Waals surface area contributed by atoms with Crippen molar-refractivity contribution in [2.24, 2.45) is 5.92 Å². The smallest absolute Gasteiger partial charge is 0.281 e. The summed E-state index contributed by atoms with van der Waals surface area (Å²) in [6, 6.07) is 0. The van der Waals surface area contributed by atoms with Crippen LogP contribution in [0.25, 0.3) is 0 Å². The van der Waals surface area contributed by atoms with E-state index in [0.29, 0.717) is 6.54 Å². The third kappa shape index (κ3) is 2.01. The quantitative estimate of drug-likeness (QED) is 0.640. The Balaban J connectivity index is 2.77. The Hall–Kier alpha value is -0.170. The fourth-order valence-electron chi connectivity index (χ4n) is 1.33. The molecule has 1 saturated heterocycles. The summed E-state index contributed by atoms with van der Waals surface area (Å²) in [5.41, 5.74) is 0. The van der Waals surface area contributed by atoms with E-state index in [1.165, 1.54) is 18.4 Å². The van der Waals surface area contributed by atoms with Crippen molar-refractivity contribution in [3.8, 4) is 0 Å². The molecule has 1 aliphatic rings. The fraction of sp³-hybridized carbons (Fsp3) is 1.00. The maximum absolute atomic E-state index is 11.6. The van der Waals surface area contributed by atoms with E-state index in [9.17, 15) is 13.5 Å². The van der Waals surface area contributed by atoms with Gasteiger partial charge >= 0.3 is 0 Å². The van der Waals surface area contributed by atoms with Gasteiger partial charge in [-0.25, -0.2) is 0 Å². The van der Waals surface area contributed by atoms with Crippen LogP contribution in [0.3, 0.4) is 0 Å². The average Bonchev–Trinajstić information content (AvgIpc) is 2.32. The van der Waals surface area contributed by atoms with Gasteiger partial charge in [-0.15, -0.1) is 0 Å². The third-order valence-electron chi connectivity index (χ3n) is 2.33. The van der Waals surface area contributed by atoms with Crippen molar-refractivity contribution in [1.82, 2.24) is 8.61 Å². The predicted molar refractivity (Wildman–Crippen MR) is 49.4 cm³/mol. The highest BCUT2D eigenvalue weighted by Gasteiger charge is 2.36. The molecule has 2 unspecified atom stereocenters. The maximum atomic E-state index is 11.6. The first-order valence-corrected chi connectivity index (χ1v) is 5.61. The van der Waals surface area contributed by atoms with Crippen molar-refractivity contribution in [1.29, 1.82) is 0 Å². The minimum Gasteiger partial charge on any atom is -0.391 e. The summed E-state index contributed by atoms with van der Waals surface area (Å²) < 4.78 is 25.6. The molecule has 0 saturated carbocycles. The number of hydrogen-bond acceptors (Lipinski definition) is 3. The van der Waals surface area contributed by atoms with Gasteiger partial charge in [0.25, 0.3) is 10.2 Å². The summed E-state index contributed by atoms with van der Waals surface area (Å²) in [6.45, 7) is 2.46. The van der Waals surface area contributed by atoms with Gasteiger partial charge in [-0.2, -0.15) is 17.0 Å². The van der Waals surface area contributed by atoms with Crippen molar-refractivity contribution in [3.63, 3.8) is 0 Å². The van der Waals surface area contributed by atoms with E-state index in [1.54, 1.807) is 0 Å². The molecule has 1 heterocycles. The van der Waals surface area contributed by atoms with E-state index in [0.717, 1.165) is 4.31 Å². The maximum Gasteiger partial charge on any atom is 0.281 e. The van der Waals surface area contributed by atoms with Gasteiger partial charge in [0.05, 0.1) is 6.10 Å². The SMILES string of the molecule is CC1CN(S(=O)(=O)N(C)C)CC1O. The molecule has 6 heteroatoms. The van der Waals surface area contributed by atoms with Crippen molar-refractivity contribution in [2.45, 2.75) is 13.0 Å². The number of aliphatic hydroxyl groups excluding tert-OH is 1. The minimum atomic E-state index is -3.34. The van der Waals surface area contributed by atoms with Crippen LogP contribution in [0, 0.1) is 5.92 Å². The zero-order valence-corrected chi connectivity index (χ0v) is 8.95. The normalized spacial score (nSPS) is 31.5. The average molecular weight is 208 g/mol. The lowest BCUT2D eigenvalue weighted by Gasteiger charge is -2.20. The molecular formula is C7H16N2O3S. The van der Waals surface area contributed by atoms with Gasteiger partial charge in [-0.1, -0.05) is 6.92 Å². The molecule has 5 nitrogen and oxygen atoms in total. The Morgan fingerprint density at radius 3 is 2.23 bits per heavy atom. The molecule has 13 heavy (non-hydrogen) atoms. The number of hydrogen-bond donors (Lipinski definition) is 1. The Bertz CT molecular complexity index is 265. The Morgan fingerprint density at radius 1 is 1.38 bits per heavy atom. The molecule has 78 valence electrons. The molecule has 0 aromatic rings. The monoisotopic (exact) mass is 208 g/mol. The number of nitrogens with zero attached hydrogens (tertiary/aromatic N) is 2. The van der Waals surface area contributed by atoms with Gasteiger partial charge in [0.15, 0.2) is 0 Å². The second kappa shape index (κ2) is 3.53. The number of β-amino-alcohol motifs (C(OH)–C–C–N with tert-alkyl or cyclic N) is 1. The van der Waals surface area contributed by atoms with Gasteiger partial charge in [-0.05, 0) is 5.92 Å². The lowest BCUT2D eigenvalue weighted by molar-refractivity contribution is 0.153. The van der Waals surface area contributed by atoms with Crippen LogP contribution in [0.4, 0.5) is 0 Å². The van der Waals surface area contributed by atoms with E-state index < -0.39 is 16.3 Å². The van der Waals surface area contributed by atoms with E-state index in [2.05, 4.69) is 0 Å². The highest BCUT2D eigenvalue weighted by molar-refractivity contribution is 7.86. The van der Waals surface area contributed by atoms with Gasteiger partial charge in [0, 0.05) is 27.2 Å². The summed E-state index contributed by atoms with van der Waals surface area (Å²) >= 11 is 0. The summed E-state index contributed by atoms with van der Waals surface area (Å²) in [6.07, 6.45) is -0.533. The van der Waals surface area contributed by atoms with E-state index in [1.807, 2.05) is 6.92 Å². The largest absolute Gasteiger partial charge is 0.391 e. The first-order chi connectivity index (χ1) is 5.85. The number of rotatable bonds is 2. The molecule has 0 spiro atoms. The van der Waals surface area contributed by atoms with Crippen LogP contribution in [-0.4, -0.2) is 55.4 Å². The molecule has 1 N–H and O–H groups in total. The summed E-state index contributed by atoms with van der Waals surface area (Å²) in [5, 5.41) is 9.39. The lowest BCUT2D eigenvalue weighted by atomic mass is 10.1. The first kappa shape index (κ1) is 10.9. The van der Waals surface area contributed by atoms with Crippen LogP contribution in [0.5, 0.6) is 0 Å². The van der Waals surface area contributed by atoms with Gasteiger partial charge in [0.2, 0.25) is 0 Å². The summed E-state index contributed by atoms with van der Waals surface area (Å²) in [4.78, 5) is 0. The molecule has 0 aromatic carbocycles. The van der Waals surface area contributed by atoms with Gasteiger partial charge in [0.1, 0.15) is 0 Å². The Kier molecular flexibility index (Phi) is 2.96. The predicted octanol–water partition coefficient (Wildman–Crippen LogP) is -0.895. The fourth-order valence-corrected chi connectivity index (χ4v) is 2.55. The summed E-state index contributed by atoms with van der Waals surface area (Å²) in [5.74, 6) is 0.0229. The number of aliphatic hydroxyl groups is 1. The van der Waals surface area contributed by atoms with Crippen LogP contribution >= 0.6 is 0 Å². The highest BCUT2D eigenvalue weighted by atomic mass is 32.2. The van der Waals surface area contributed by atoms with Crippen LogP contribution in [0.15, 0.2) is 0 Å². The molecule has 0 amide bonds. The first-order valence-electron chi connectivity index (χ1n) is 4.21. The van der Waals surface area contributed by atoms with E-state index >= 15 is 0 Å². The molecule has 0 radical (unpaired) electrons. The molecule has 0 aliphatic carbocycles. The van der Waals surface area contributed by atoms with Crippen molar-refractivity contribution in [3.05, 3.63) is 0 Å². The zero-order valence-electron chi connectivity index (χ0n) is 8.14. The Labute approximate surface area is 79.1 Å². The van der Waals surface area contributed by atoms with Crippen LogP contribution in [0.1, 0.15) is 6.92 Å². The highest BCUT2D eigenvalue weighted by Crippen LogP contribution is 2.20. The van der Waals surface area contributed by atoms with Gasteiger partial charge < -0.3 is 5.11 Å². The van der Waals surface area contributed by atoms with Crippen LogP contribution < -0.4 is 0 Å². The minimum absolute atomic E-state index is 0.0229. The molecule has 1 fully saturated rings. The second-order valence-corrected chi connectivity index (χ2v) is 5.79. The van der Waals surface area contributed by atoms with Crippen molar-refractivity contribution in [2.75, 3.05) is 27.2 Å². The Morgan fingerprint density at radius 2 is 1.92 bits per heavy atom. The summed E-state index contributed by atoms with van der Waals surface area (Å²) in [7, 11) is -0.354.